The first kappa shape index (κ1) is 23.1. The van der Waals surface area contributed by atoms with Crippen LogP contribution in [0.5, 0.6) is 0 Å². The number of aryl methyl sites for hydroxylation is 1. The maximum atomic E-state index is 10.8. The third kappa shape index (κ3) is 7.62. The zero-order chi connectivity index (χ0) is 19.8. The topological polar surface area (TPSA) is 88.8 Å². The van der Waals surface area contributed by atoms with Gasteiger partial charge in [0.1, 0.15) is 0 Å². The summed E-state index contributed by atoms with van der Waals surface area (Å²) in [5.74, 6) is 1.22. The van der Waals surface area contributed by atoms with E-state index in [9.17, 15) is 10.1 Å². The van der Waals surface area contributed by atoms with Crippen molar-refractivity contribution >= 4 is 35.6 Å². The summed E-state index contributed by atoms with van der Waals surface area (Å²) >= 11 is 0. The SMILES string of the molecule is Cc1ccc(CN=C(NCc2ccc([N+](=O)[O-])cc2)NCC2CCOC2)cc1.I. The monoisotopic (exact) mass is 510 g/mol. The summed E-state index contributed by atoms with van der Waals surface area (Å²) < 4.78 is 5.43. The molecule has 0 saturated carbocycles. The zero-order valence-electron chi connectivity index (χ0n) is 16.5. The molecule has 1 fully saturated rings. The third-order valence-corrected chi connectivity index (χ3v) is 4.73. The van der Waals surface area contributed by atoms with Gasteiger partial charge in [0.15, 0.2) is 5.96 Å². The van der Waals surface area contributed by atoms with E-state index in [1.807, 2.05) is 0 Å². The number of nitro benzene ring substituents is 1. The lowest BCUT2D eigenvalue weighted by molar-refractivity contribution is -0.384. The van der Waals surface area contributed by atoms with Gasteiger partial charge >= 0.3 is 0 Å². The number of halogens is 1. The van der Waals surface area contributed by atoms with Crippen LogP contribution in [0.15, 0.2) is 53.5 Å². The molecule has 29 heavy (non-hydrogen) atoms. The largest absolute Gasteiger partial charge is 0.381 e. The molecule has 0 amide bonds. The van der Waals surface area contributed by atoms with E-state index < -0.39 is 4.92 Å². The number of benzene rings is 2. The van der Waals surface area contributed by atoms with E-state index in [1.54, 1.807) is 12.1 Å². The summed E-state index contributed by atoms with van der Waals surface area (Å²) in [7, 11) is 0. The summed E-state index contributed by atoms with van der Waals surface area (Å²) in [6, 6.07) is 14.9. The van der Waals surface area contributed by atoms with Crippen molar-refractivity contribution in [1.29, 1.82) is 0 Å². The second-order valence-corrected chi connectivity index (χ2v) is 7.04. The molecule has 1 heterocycles. The predicted octanol–water partition coefficient (Wildman–Crippen LogP) is 3.79. The number of rotatable bonds is 7. The Morgan fingerprint density at radius 3 is 2.45 bits per heavy atom. The Labute approximate surface area is 188 Å². The van der Waals surface area contributed by atoms with E-state index in [4.69, 9.17) is 9.73 Å². The molecule has 0 radical (unpaired) electrons. The first-order chi connectivity index (χ1) is 13.6. The van der Waals surface area contributed by atoms with Crippen LogP contribution in [-0.4, -0.2) is 30.6 Å². The Morgan fingerprint density at radius 2 is 1.83 bits per heavy atom. The summed E-state index contributed by atoms with van der Waals surface area (Å²) in [6.07, 6.45) is 1.06. The standard InChI is InChI=1S/C21H26N4O3.HI/c1-16-2-4-17(5-3-16)12-22-21(24-14-19-10-11-28-15-19)23-13-18-6-8-20(9-7-18)25(26)27;/h2-9,19H,10-15H2,1H3,(H2,22,23,24);1H. The number of nitrogens with one attached hydrogen (secondary N) is 2. The third-order valence-electron chi connectivity index (χ3n) is 4.73. The quantitative estimate of drug-likeness (QED) is 0.195. The molecule has 1 saturated heterocycles. The van der Waals surface area contributed by atoms with Crippen LogP contribution in [0.1, 0.15) is 23.1 Å². The van der Waals surface area contributed by atoms with E-state index >= 15 is 0 Å². The van der Waals surface area contributed by atoms with E-state index in [0.717, 1.165) is 43.3 Å². The summed E-state index contributed by atoms with van der Waals surface area (Å²) in [5.41, 5.74) is 3.42. The van der Waals surface area contributed by atoms with Gasteiger partial charge in [-0.15, -0.1) is 24.0 Å². The normalized spacial score (nSPS) is 16.2. The molecule has 1 aliphatic heterocycles. The van der Waals surface area contributed by atoms with Crippen LogP contribution >= 0.6 is 24.0 Å². The van der Waals surface area contributed by atoms with Crippen molar-refractivity contribution < 1.29 is 9.66 Å². The molecule has 1 aliphatic rings. The van der Waals surface area contributed by atoms with Crippen LogP contribution in [0, 0.1) is 23.0 Å². The van der Waals surface area contributed by atoms with Gasteiger partial charge in [-0.3, -0.25) is 10.1 Å². The fourth-order valence-electron chi connectivity index (χ4n) is 2.94. The lowest BCUT2D eigenvalue weighted by Gasteiger charge is -2.15. The molecular formula is C21H27IN4O3. The summed E-state index contributed by atoms with van der Waals surface area (Å²) in [4.78, 5) is 15.1. The first-order valence-corrected chi connectivity index (χ1v) is 9.49. The molecule has 2 aromatic rings. The van der Waals surface area contributed by atoms with Crippen molar-refractivity contribution in [2.24, 2.45) is 10.9 Å². The minimum Gasteiger partial charge on any atom is -0.381 e. The molecule has 156 valence electrons. The fourth-order valence-corrected chi connectivity index (χ4v) is 2.94. The molecule has 0 aliphatic carbocycles. The highest BCUT2D eigenvalue weighted by Gasteiger charge is 2.15. The van der Waals surface area contributed by atoms with Crippen LogP contribution in [0.4, 0.5) is 5.69 Å². The molecule has 3 rings (SSSR count). The van der Waals surface area contributed by atoms with Gasteiger partial charge in [0, 0.05) is 37.7 Å². The van der Waals surface area contributed by atoms with Gasteiger partial charge in [-0.05, 0) is 24.5 Å². The van der Waals surface area contributed by atoms with Gasteiger partial charge in [0.2, 0.25) is 0 Å². The Morgan fingerprint density at radius 1 is 1.14 bits per heavy atom. The number of aliphatic imine (C=N–C) groups is 1. The van der Waals surface area contributed by atoms with E-state index in [1.165, 1.54) is 17.7 Å². The second kappa shape index (κ2) is 11.7. The Hall–Kier alpha value is -2.20. The zero-order valence-corrected chi connectivity index (χ0v) is 18.8. The molecule has 8 heteroatoms. The van der Waals surface area contributed by atoms with Gasteiger partial charge in [-0.1, -0.05) is 42.0 Å². The van der Waals surface area contributed by atoms with E-state index in [-0.39, 0.29) is 29.7 Å². The van der Waals surface area contributed by atoms with Gasteiger partial charge in [-0.2, -0.15) is 0 Å². The summed E-state index contributed by atoms with van der Waals surface area (Å²) in [5, 5.41) is 17.5. The molecule has 0 bridgehead atoms. The van der Waals surface area contributed by atoms with Crippen molar-refractivity contribution in [1.82, 2.24) is 10.6 Å². The molecule has 2 aromatic carbocycles. The molecule has 2 N–H and O–H groups in total. The molecular weight excluding hydrogens is 483 g/mol. The number of guanidine groups is 1. The van der Waals surface area contributed by atoms with Gasteiger partial charge in [0.25, 0.3) is 5.69 Å². The van der Waals surface area contributed by atoms with E-state index in [0.29, 0.717) is 19.0 Å². The Bertz CT molecular complexity index is 804. The van der Waals surface area contributed by atoms with E-state index in [2.05, 4.69) is 41.8 Å². The summed E-state index contributed by atoms with van der Waals surface area (Å²) in [6.45, 7) is 5.59. The van der Waals surface area contributed by atoms with Gasteiger partial charge in [-0.25, -0.2) is 4.99 Å². The molecule has 0 aromatic heterocycles. The highest BCUT2D eigenvalue weighted by molar-refractivity contribution is 14.0. The molecule has 1 unspecified atom stereocenters. The minimum absolute atomic E-state index is 0. The van der Waals surface area contributed by atoms with Crippen LogP contribution in [-0.2, 0) is 17.8 Å². The van der Waals surface area contributed by atoms with Crippen molar-refractivity contribution in [3.8, 4) is 0 Å². The highest BCUT2D eigenvalue weighted by atomic mass is 127. The second-order valence-electron chi connectivity index (χ2n) is 7.04. The van der Waals surface area contributed by atoms with Crippen molar-refractivity contribution in [2.45, 2.75) is 26.4 Å². The lowest BCUT2D eigenvalue weighted by atomic mass is 10.1. The number of nitro groups is 1. The van der Waals surface area contributed by atoms with Crippen molar-refractivity contribution in [2.75, 3.05) is 19.8 Å². The molecule has 1 atom stereocenters. The molecule has 7 nitrogen and oxygen atoms in total. The number of ether oxygens (including phenoxy) is 1. The van der Waals surface area contributed by atoms with Gasteiger partial charge in [0.05, 0.1) is 18.1 Å². The first-order valence-electron chi connectivity index (χ1n) is 9.49. The molecule has 0 spiro atoms. The number of hydrogen-bond donors (Lipinski definition) is 2. The number of hydrogen-bond acceptors (Lipinski definition) is 4. The number of non-ortho nitro benzene ring substituents is 1. The maximum Gasteiger partial charge on any atom is 0.269 e. The van der Waals surface area contributed by atoms with Gasteiger partial charge < -0.3 is 15.4 Å². The average molecular weight is 510 g/mol. The van der Waals surface area contributed by atoms with Crippen molar-refractivity contribution in [3.63, 3.8) is 0 Å². The average Bonchev–Trinajstić information content (AvgIpc) is 3.22. The minimum atomic E-state index is -0.392. The fraction of sp³-hybridized carbons (Fsp3) is 0.381. The number of nitrogens with zero attached hydrogens (tertiary/aromatic N) is 2. The Kier molecular flexibility index (Phi) is 9.33. The Balaban J connectivity index is 0.00000300. The van der Waals surface area contributed by atoms with Crippen LogP contribution in [0.2, 0.25) is 0 Å². The smallest absolute Gasteiger partial charge is 0.269 e. The predicted molar refractivity (Wildman–Crippen MR) is 125 cm³/mol. The lowest BCUT2D eigenvalue weighted by Crippen LogP contribution is -2.39. The highest BCUT2D eigenvalue weighted by Crippen LogP contribution is 2.12. The van der Waals surface area contributed by atoms with Crippen LogP contribution < -0.4 is 10.6 Å². The van der Waals surface area contributed by atoms with Crippen LogP contribution in [0.3, 0.4) is 0 Å². The van der Waals surface area contributed by atoms with Crippen LogP contribution in [0.25, 0.3) is 0 Å². The maximum absolute atomic E-state index is 10.8. The van der Waals surface area contributed by atoms with Crippen molar-refractivity contribution in [3.05, 3.63) is 75.3 Å².